The third-order valence-electron chi connectivity index (χ3n) is 5.39. The number of H-pyrrole nitrogens is 1. The number of aryl methyl sites for hydroxylation is 1. The largest absolute Gasteiger partial charge is 0.301 e. The summed E-state index contributed by atoms with van der Waals surface area (Å²) in [6, 6.07) is 6.52. The van der Waals surface area contributed by atoms with Gasteiger partial charge in [0.15, 0.2) is 5.16 Å². The number of thiophene rings is 1. The number of hydrogen-bond acceptors (Lipinski definition) is 4. The highest BCUT2D eigenvalue weighted by Gasteiger charge is 2.31. The predicted molar refractivity (Wildman–Crippen MR) is 111 cm³/mol. The Labute approximate surface area is 166 Å². The number of aromatic amines is 1. The monoisotopic (exact) mass is 402 g/mol. The van der Waals surface area contributed by atoms with Gasteiger partial charge in [0.1, 0.15) is 10.6 Å². The maximum Gasteiger partial charge on any atom is 0.260 e. The lowest BCUT2D eigenvalue weighted by Gasteiger charge is -2.33. The molecule has 2 aromatic heterocycles. The highest BCUT2D eigenvalue weighted by atomic mass is 32.2. The molecule has 0 radical (unpaired) electrons. The predicted octanol–water partition coefficient (Wildman–Crippen LogP) is 5.57. The minimum Gasteiger partial charge on any atom is -0.301 e. The number of aromatic nitrogens is 2. The maximum atomic E-state index is 13.3. The highest BCUT2D eigenvalue weighted by Crippen LogP contribution is 2.42. The van der Waals surface area contributed by atoms with Gasteiger partial charge in [-0.15, -0.1) is 11.3 Å². The minimum atomic E-state index is -0.246. The lowest BCUT2D eigenvalue weighted by molar-refractivity contribution is 0.218. The quantitative estimate of drug-likeness (QED) is 0.460. The van der Waals surface area contributed by atoms with Gasteiger partial charge in [0, 0.05) is 10.6 Å². The zero-order valence-electron chi connectivity index (χ0n) is 15.8. The van der Waals surface area contributed by atoms with Crippen molar-refractivity contribution >= 4 is 33.3 Å². The number of thioether (sulfide) groups is 1. The zero-order valence-corrected chi connectivity index (χ0v) is 17.4. The molecule has 0 amide bonds. The molecule has 6 heteroatoms. The molecular formula is C21H23FN2OS2. The second-order valence-corrected chi connectivity index (χ2v) is 10.3. The lowest BCUT2D eigenvalue weighted by Crippen LogP contribution is -2.26. The van der Waals surface area contributed by atoms with Gasteiger partial charge in [0.2, 0.25) is 0 Å². The number of hydrogen-bond donors (Lipinski definition) is 1. The van der Waals surface area contributed by atoms with Crippen LogP contribution >= 0.6 is 23.1 Å². The molecule has 4 rings (SSSR count). The van der Waals surface area contributed by atoms with E-state index in [0.29, 0.717) is 16.8 Å². The van der Waals surface area contributed by atoms with Crippen LogP contribution in [0.15, 0.2) is 34.2 Å². The Morgan fingerprint density at radius 1 is 1.37 bits per heavy atom. The molecule has 3 aromatic rings. The van der Waals surface area contributed by atoms with Crippen molar-refractivity contribution in [3.05, 3.63) is 56.4 Å². The van der Waals surface area contributed by atoms with E-state index in [2.05, 4.69) is 25.8 Å². The molecular weight excluding hydrogens is 379 g/mol. The fourth-order valence-electron chi connectivity index (χ4n) is 3.75. The Bertz CT molecular complexity index is 1050. The van der Waals surface area contributed by atoms with E-state index < -0.39 is 0 Å². The fraction of sp³-hybridized carbons (Fsp3) is 0.429. The van der Waals surface area contributed by atoms with E-state index in [1.165, 1.54) is 34.3 Å². The molecule has 1 aliphatic carbocycles. The second-order valence-electron chi connectivity index (χ2n) is 8.28. The van der Waals surface area contributed by atoms with Crippen LogP contribution < -0.4 is 5.56 Å². The zero-order chi connectivity index (χ0) is 19.2. The molecule has 142 valence electrons. The molecule has 1 atom stereocenters. The highest BCUT2D eigenvalue weighted by molar-refractivity contribution is 7.98. The summed E-state index contributed by atoms with van der Waals surface area (Å²) in [5.74, 6) is 0.965. The van der Waals surface area contributed by atoms with Gasteiger partial charge in [-0.2, -0.15) is 0 Å². The summed E-state index contributed by atoms with van der Waals surface area (Å²) in [6.07, 6.45) is 3.11. The molecule has 3 nitrogen and oxygen atoms in total. The van der Waals surface area contributed by atoms with Gasteiger partial charge in [-0.1, -0.05) is 44.7 Å². The van der Waals surface area contributed by atoms with Crippen molar-refractivity contribution in [1.29, 1.82) is 0 Å². The summed E-state index contributed by atoms with van der Waals surface area (Å²) in [5.41, 5.74) is 2.31. The maximum absolute atomic E-state index is 13.3. The summed E-state index contributed by atoms with van der Waals surface area (Å²) < 4.78 is 13.3. The normalized spacial score (nSPS) is 17.3. The molecule has 1 aromatic carbocycles. The van der Waals surface area contributed by atoms with Crippen molar-refractivity contribution in [3.8, 4) is 0 Å². The summed E-state index contributed by atoms with van der Waals surface area (Å²) in [5, 5.41) is 1.38. The van der Waals surface area contributed by atoms with Crippen LogP contribution in [0.2, 0.25) is 0 Å². The molecule has 0 spiro atoms. The topological polar surface area (TPSA) is 45.8 Å². The Morgan fingerprint density at radius 3 is 2.93 bits per heavy atom. The third-order valence-corrected chi connectivity index (χ3v) is 7.48. The molecule has 0 bridgehead atoms. The van der Waals surface area contributed by atoms with Crippen LogP contribution in [0.25, 0.3) is 10.2 Å². The number of benzene rings is 1. The van der Waals surface area contributed by atoms with E-state index in [1.54, 1.807) is 17.4 Å². The summed E-state index contributed by atoms with van der Waals surface area (Å²) >= 11 is 3.10. The minimum absolute atomic E-state index is 0.0477. The van der Waals surface area contributed by atoms with Gasteiger partial charge >= 0.3 is 0 Å². The van der Waals surface area contributed by atoms with Crippen LogP contribution in [0.4, 0.5) is 4.39 Å². The second kappa shape index (κ2) is 7.06. The van der Waals surface area contributed by atoms with Gasteiger partial charge in [-0.3, -0.25) is 4.79 Å². The van der Waals surface area contributed by atoms with E-state index in [9.17, 15) is 9.18 Å². The number of halogens is 1. The van der Waals surface area contributed by atoms with Crippen LogP contribution in [0.1, 0.15) is 43.2 Å². The molecule has 0 aliphatic heterocycles. The van der Waals surface area contributed by atoms with Crippen molar-refractivity contribution in [2.24, 2.45) is 11.3 Å². The average Bonchev–Trinajstić information content (AvgIpc) is 2.97. The standard InChI is InChI=1S/C21H23FN2OS2/c1-21(2,3)13-7-8-15-16(10-13)27-19-17(15)18(25)23-20(24-19)26-11-12-5-4-6-14(22)9-12/h4-6,9,13H,7-8,10-11H2,1-3H3,(H,23,24,25). The van der Waals surface area contributed by atoms with E-state index in [0.717, 1.165) is 35.0 Å². The summed E-state index contributed by atoms with van der Waals surface area (Å²) in [4.78, 5) is 22.5. The molecule has 2 heterocycles. The fourth-order valence-corrected chi connectivity index (χ4v) is 5.91. The number of rotatable bonds is 3. The lowest BCUT2D eigenvalue weighted by atomic mass is 9.72. The number of nitrogens with zero attached hydrogens (tertiary/aromatic N) is 1. The first-order valence-corrected chi connectivity index (χ1v) is 11.0. The van der Waals surface area contributed by atoms with E-state index >= 15 is 0 Å². The van der Waals surface area contributed by atoms with Crippen molar-refractivity contribution in [2.45, 2.75) is 50.9 Å². The van der Waals surface area contributed by atoms with E-state index in [1.807, 2.05) is 6.07 Å². The molecule has 0 fully saturated rings. The third kappa shape index (κ3) is 3.83. The Kier molecular flexibility index (Phi) is 4.89. The van der Waals surface area contributed by atoms with E-state index in [-0.39, 0.29) is 16.8 Å². The first-order valence-electron chi connectivity index (χ1n) is 9.23. The molecule has 27 heavy (non-hydrogen) atoms. The van der Waals surface area contributed by atoms with Crippen molar-refractivity contribution in [2.75, 3.05) is 0 Å². The van der Waals surface area contributed by atoms with Gasteiger partial charge in [-0.05, 0) is 53.9 Å². The first kappa shape index (κ1) is 18.7. The van der Waals surface area contributed by atoms with Crippen LogP contribution in [0, 0.1) is 17.2 Å². The SMILES string of the molecule is CC(C)(C)C1CCc2c(sc3nc(SCc4cccc(F)c4)[nH]c(=O)c23)C1. The number of fused-ring (bicyclic) bond motifs is 3. The van der Waals surface area contributed by atoms with Crippen LogP contribution in [-0.2, 0) is 18.6 Å². The molecule has 1 aliphatic rings. The van der Waals surface area contributed by atoms with Crippen LogP contribution in [-0.4, -0.2) is 9.97 Å². The smallest absolute Gasteiger partial charge is 0.260 e. The van der Waals surface area contributed by atoms with Crippen LogP contribution in [0.5, 0.6) is 0 Å². The van der Waals surface area contributed by atoms with Crippen molar-refractivity contribution in [1.82, 2.24) is 9.97 Å². The summed E-state index contributed by atoms with van der Waals surface area (Å²) in [6.45, 7) is 6.88. The van der Waals surface area contributed by atoms with Crippen molar-refractivity contribution in [3.63, 3.8) is 0 Å². The Morgan fingerprint density at radius 2 is 2.19 bits per heavy atom. The number of nitrogens with one attached hydrogen (secondary N) is 1. The van der Waals surface area contributed by atoms with E-state index in [4.69, 9.17) is 4.98 Å². The summed E-state index contributed by atoms with van der Waals surface area (Å²) in [7, 11) is 0. The van der Waals surface area contributed by atoms with Gasteiger partial charge in [-0.25, -0.2) is 9.37 Å². The van der Waals surface area contributed by atoms with Gasteiger partial charge in [0.05, 0.1) is 5.39 Å². The molecule has 1 N–H and O–H groups in total. The molecule has 0 saturated carbocycles. The Hall–Kier alpha value is -1.66. The molecule has 0 saturated heterocycles. The van der Waals surface area contributed by atoms with Crippen LogP contribution in [0.3, 0.4) is 0 Å². The van der Waals surface area contributed by atoms with Crippen molar-refractivity contribution < 1.29 is 4.39 Å². The Balaban J connectivity index is 1.62. The molecule has 1 unspecified atom stereocenters. The van der Waals surface area contributed by atoms with Gasteiger partial charge < -0.3 is 4.98 Å². The average molecular weight is 403 g/mol. The first-order chi connectivity index (χ1) is 12.8. The van der Waals surface area contributed by atoms with Gasteiger partial charge in [0.25, 0.3) is 5.56 Å².